The number of ether oxygens (including phenoxy) is 1. The molecule has 1 heterocycles. The van der Waals surface area contributed by atoms with Gasteiger partial charge >= 0.3 is 6.18 Å². The Balaban J connectivity index is 2.20. The number of aromatic nitrogens is 2. The lowest BCUT2D eigenvalue weighted by Gasteiger charge is -2.09. The van der Waals surface area contributed by atoms with E-state index in [1.807, 2.05) is 0 Å². The molecular formula is C13H12F3N3O. The highest BCUT2D eigenvalue weighted by Gasteiger charge is 2.30. The fourth-order valence-electron chi connectivity index (χ4n) is 1.54. The number of nitrogens with one attached hydrogen (secondary N) is 1. The predicted molar refractivity (Wildman–Crippen MR) is 67.8 cm³/mol. The molecule has 0 unspecified atom stereocenters. The molecule has 2 aromatic rings. The third-order valence-corrected chi connectivity index (χ3v) is 2.46. The fourth-order valence-corrected chi connectivity index (χ4v) is 1.54. The van der Waals surface area contributed by atoms with Gasteiger partial charge < -0.3 is 10.1 Å². The maximum Gasteiger partial charge on any atom is 0.416 e. The van der Waals surface area contributed by atoms with Gasteiger partial charge in [0.2, 0.25) is 11.8 Å². The number of hydrogen-bond donors (Lipinski definition) is 1. The van der Waals surface area contributed by atoms with E-state index < -0.39 is 11.7 Å². The quantitative estimate of drug-likeness (QED) is 0.934. The van der Waals surface area contributed by atoms with Gasteiger partial charge in [-0.2, -0.15) is 18.2 Å². The molecule has 0 radical (unpaired) electrons. The highest BCUT2D eigenvalue weighted by atomic mass is 19.4. The van der Waals surface area contributed by atoms with Crippen LogP contribution >= 0.6 is 0 Å². The largest absolute Gasteiger partial charge is 0.439 e. The van der Waals surface area contributed by atoms with Crippen molar-refractivity contribution >= 4 is 5.95 Å². The summed E-state index contributed by atoms with van der Waals surface area (Å²) in [6.07, 6.45) is -4.36. The Labute approximate surface area is 113 Å². The molecule has 0 saturated heterocycles. The first-order valence-corrected chi connectivity index (χ1v) is 5.77. The number of anilines is 1. The first-order chi connectivity index (χ1) is 9.38. The lowest BCUT2D eigenvalue weighted by molar-refractivity contribution is -0.137. The number of halogens is 3. The Morgan fingerprint density at radius 1 is 1.10 bits per heavy atom. The SMILES string of the molecule is CNc1nc(C)cc(Oc2ccc(C(F)(F)F)cc2)n1. The van der Waals surface area contributed by atoms with Crippen LogP contribution in [0.5, 0.6) is 11.6 Å². The molecule has 0 spiro atoms. The van der Waals surface area contributed by atoms with E-state index in [1.54, 1.807) is 20.0 Å². The Kier molecular flexibility index (Phi) is 3.78. The minimum absolute atomic E-state index is 0.265. The summed E-state index contributed by atoms with van der Waals surface area (Å²) in [5, 5.41) is 2.77. The maximum absolute atomic E-state index is 12.4. The van der Waals surface area contributed by atoms with Crippen LogP contribution in [0.1, 0.15) is 11.3 Å². The lowest BCUT2D eigenvalue weighted by Crippen LogP contribution is -2.04. The van der Waals surface area contributed by atoms with Gasteiger partial charge in [-0.05, 0) is 31.2 Å². The minimum atomic E-state index is -4.36. The second kappa shape index (κ2) is 5.36. The first kappa shape index (κ1) is 14.1. The number of benzene rings is 1. The van der Waals surface area contributed by atoms with Gasteiger partial charge in [0, 0.05) is 18.8 Å². The molecule has 20 heavy (non-hydrogen) atoms. The monoisotopic (exact) mass is 283 g/mol. The molecule has 0 bridgehead atoms. The van der Waals surface area contributed by atoms with Crippen molar-refractivity contribution in [3.05, 3.63) is 41.6 Å². The van der Waals surface area contributed by atoms with Crippen LogP contribution in [0.2, 0.25) is 0 Å². The van der Waals surface area contributed by atoms with Crippen molar-refractivity contribution in [1.29, 1.82) is 0 Å². The highest BCUT2D eigenvalue weighted by Crippen LogP contribution is 2.31. The third kappa shape index (κ3) is 3.37. The van der Waals surface area contributed by atoms with E-state index in [-0.39, 0.29) is 11.6 Å². The van der Waals surface area contributed by atoms with Gasteiger partial charge in [-0.3, -0.25) is 0 Å². The Morgan fingerprint density at radius 2 is 1.75 bits per heavy atom. The van der Waals surface area contributed by atoms with E-state index in [2.05, 4.69) is 15.3 Å². The maximum atomic E-state index is 12.4. The van der Waals surface area contributed by atoms with E-state index in [0.717, 1.165) is 12.1 Å². The normalized spacial score (nSPS) is 11.2. The van der Waals surface area contributed by atoms with Gasteiger partial charge in [0.25, 0.3) is 0 Å². The summed E-state index contributed by atoms with van der Waals surface area (Å²) in [5.74, 6) is 0.923. The van der Waals surface area contributed by atoms with Crippen molar-refractivity contribution in [2.45, 2.75) is 13.1 Å². The molecule has 0 aliphatic heterocycles. The third-order valence-electron chi connectivity index (χ3n) is 2.46. The molecule has 0 atom stereocenters. The molecule has 1 N–H and O–H groups in total. The summed E-state index contributed by atoms with van der Waals surface area (Å²) in [6.45, 7) is 1.77. The average molecular weight is 283 g/mol. The molecule has 1 aromatic carbocycles. The van der Waals surface area contributed by atoms with Crippen molar-refractivity contribution in [2.24, 2.45) is 0 Å². The van der Waals surface area contributed by atoms with E-state index in [9.17, 15) is 13.2 Å². The van der Waals surface area contributed by atoms with Crippen LogP contribution in [0.4, 0.5) is 19.1 Å². The fraction of sp³-hybridized carbons (Fsp3) is 0.231. The van der Waals surface area contributed by atoms with Gasteiger partial charge in [0.15, 0.2) is 0 Å². The van der Waals surface area contributed by atoms with Crippen molar-refractivity contribution in [1.82, 2.24) is 9.97 Å². The summed E-state index contributed by atoms with van der Waals surface area (Å²) in [4.78, 5) is 8.14. The van der Waals surface area contributed by atoms with Gasteiger partial charge in [0.1, 0.15) is 5.75 Å². The smallest absolute Gasteiger partial charge is 0.416 e. The molecule has 0 aliphatic carbocycles. The summed E-state index contributed by atoms with van der Waals surface area (Å²) in [5.41, 5.74) is -0.0362. The van der Waals surface area contributed by atoms with E-state index in [4.69, 9.17) is 4.74 Å². The molecule has 0 amide bonds. The second-order valence-electron chi connectivity index (χ2n) is 4.05. The molecule has 0 saturated carbocycles. The van der Waals surface area contributed by atoms with Crippen LogP contribution in [0.3, 0.4) is 0 Å². The van der Waals surface area contributed by atoms with Crippen LogP contribution in [0, 0.1) is 6.92 Å². The zero-order chi connectivity index (χ0) is 14.8. The Morgan fingerprint density at radius 3 is 2.30 bits per heavy atom. The van der Waals surface area contributed by atoms with Gasteiger partial charge in [-0.1, -0.05) is 0 Å². The van der Waals surface area contributed by atoms with Crippen LogP contribution in [0.15, 0.2) is 30.3 Å². The lowest BCUT2D eigenvalue weighted by atomic mass is 10.2. The Bertz CT molecular complexity index is 597. The topological polar surface area (TPSA) is 47.0 Å². The minimum Gasteiger partial charge on any atom is -0.439 e. The van der Waals surface area contributed by atoms with Gasteiger partial charge in [-0.15, -0.1) is 0 Å². The molecule has 7 heteroatoms. The molecule has 1 aromatic heterocycles. The summed E-state index contributed by atoms with van der Waals surface area (Å²) < 4.78 is 42.7. The standard InChI is InChI=1S/C13H12F3N3O/c1-8-7-11(19-12(17-2)18-8)20-10-5-3-9(4-6-10)13(14,15)16/h3-7H,1-2H3,(H,17,18,19). The van der Waals surface area contributed by atoms with Crippen LogP contribution in [0.25, 0.3) is 0 Å². The van der Waals surface area contributed by atoms with E-state index in [1.165, 1.54) is 12.1 Å². The average Bonchev–Trinajstić information content (AvgIpc) is 2.37. The van der Waals surface area contributed by atoms with Crippen molar-refractivity contribution in [2.75, 3.05) is 12.4 Å². The van der Waals surface area contributed by atoms with Crippen LogP contribution in [-0.4, -0.2) is 17.0 Å². The molecule has 106 valence electrons. The summed E-state index contributed by atoms with van der Waals surface area (Å²) >= 11 is 0. The van der Waals surface area contributed by atoms with Crippen molar-refractivity contribution in [3.8, 4) is 11.6 Å². The predicted octanol–water partition coefficient (Wildman–Crippen LogP) is 3.64. The number of aryl methyl sites for hydroxylation is 1. The van der Waals surface area contributed by atoms with Crippen molar-refractivity contribution < 1.29 is 17.9 Å². The van der Waals surface area contributed by atoms with E-state index in [0.29, 0.717) is 11.6 Å². The molecule has 0 fully saturated rings. The van der Waals surface area contributed by atoms with Crippen molar-refractivity contribution in [3.63, 3.8) is 0 Å². The second-order valence-corrected chi connectivity index (χ2v) is 4.05. The van der Waals surface area contributed by atoms with E-state index >= 15 is 0 Å². The highest BCUT2D eigenvalue weighted by molar-refractivity contribution is 5.35. The van der Waals surface area contributed by atoms with Gasteiger partial charge in [0.05, 0.1) is 5.56 Å². The molecular weight excluding hydrogens is 271 g/mol. The summed E-state index contributed by atoms with van der Waals surface area (Å²) in [6, 6.07) is 6.02. The van der Waals surface area contributed by atoms with Gasteiger partial charge in [-0.25, -0.2) is 4.98 Å². The number of rotatable bonds is 3. The zero-order valence-electron chi connectivity index (χ0n) is 10.8. The number of nitrogens with zero attached hydrogens (tertiary/aromatic N) is 2. The first-order valence-electron chi connectivity index (χ1n) is 5.77. The van der Waals surface area contributed by atoms with Crippen LogP contribution < -0.4 is 10.1 Å². The summed E-state index contributed by atoms with van der Waals surface area (Å²) in [7, 11) is 1.66. The molecule has 2 rings (SSSR count). The number of alkyl halides is 3. The van der Waals surface area contributed by atoms with Crippen LogP contribution in [-0.2, 0) is 6.18 Å². The molecule has 0 aliphatic rings. The number of hydrogen-bond acceptors (Lipinski definition) is 4. The molecule has 4 nitrogen and oxygen atoms in total. The zero-order valence-corrected chi connectivity index (χ0v) is 10.8. The Hall–Kier alpha value is -2.31.